The van der Waals surface area contributed by atoms with E-state index in [-0.39, 0.29) is 29.1 Å². The van der Waals surface area contributed by atoms with Crippen LogP contribution in [0, 0.1) is 5.92 Å². The first-order chi connectivity index (χ1) is 11.7. The van der Waals surface area contributed by atoms with E-state index >= 15 is 0 Å². The highest BCUT2D eigenvalue weighted by Crippen LogP contribution is 2.35. The predicted molar refractivity (Wildman–Crippen MR) is 91.9 cm³/mol. The van der Waals surface area contributed by atoms with Crippen LogP contribution in [-0.4, -0.2) is 44.1 Å². The molecule has 2 aliphatic heterocycles. The molecule has 138 valence electrons. The third-order valence-corrected chi connectivity index (χ3v) is 6.20. The number of amides is 1. The second-order valence-corrected chi connectivity index (χ2v) is 9.37. The van der Waals surface area contributed by atoms with Crippen LogP contribution in [0.2, 0.25) is 0 Å². The van der Waals surface area contributed by atoms with E-state index < -0.39 is 10.0 Å². The Morgan fingerprint density at radius 3 is 2.44 bits per heavy atom. The Hall–Kier alpha value is -1.80. The predicted octanol–water partition coefficient (Wildman–Crippen LogP) is 1.73. The first kappa shape index (κ1) is 18.0. The van der Waals surface area contributed by atoms with Gasteiger partial charge in [-0.1, -0.05) is 0 Å². The number of sulfonamides is 1. The van der Waals surface area contributed by atoms with E-state index in [1.807, 2.05) is 20.8 Å². The molecule has 25 heavy (non-hydrogen) atoms. The van der Waals surface area contributed by atoms with Gasteiger partial charge in [-0.15, -0.1) is 0 Å². The summed E-state index contributed by atoms with van der Waals surface area (Å²) in [7, 11) is -3.60. The van der Waals surface area contributed by atoms with Crippen LogP contribution in [0.1, 0.15) is 33.6 Å². The summed E-state index contributed by atoms with van der Waals surface area (Å²) in [5.41, 5.74) is -0.285. The van der Waals surface area contributed by atoms with Crippen LogP contribution in [0.5, 0.6) is 11.5 Å². The Morgan fingerprint density at radius 1 is 1.16 bits per heavy atom. The average Bonchev–Trinajstić information content (AvgIpc) is 3.01. The van der Waals surface area contributed by atoms with Gasteiger partial charge >= 0.3 is 0 Å². The molecule has 0 saturated carbocycles. The van der Waals surface area contributed by atoms with Crippen molar-refractivity contribution in [2.45, 2.75) is 44.0 Å². The van der Waals surface area contributed by atoms with Gasteiger partial charge in [-0.05, 0) is 45.7 Å². The van der Waals surface area contributed by atoms with Gasteiger partial charge in [0, 0.05) is 30.6 Å². The average molecular weight is 368 g/mol. The van der Waals surface area contributed by atoms with Crippen molar-refractivity contribution in [3.8, 4) is 11.5 Å². The number of nitrogens with zero attached hydrogens (tertiary/aromatic N) is 1. The molecule has 1 amide bonds. The fourth-order valence-corrected chi connectivity index (χ4v) is 4.50. The molecular weight excluding hydrogens is 344 g/mol. The molecule has 0 aromatic heterocycles. The summed E-state index contributed by atoms with van der Waals surface area (Å²) in [4.78, 5) is 12.4. The SMILES string of the molecule is CC(C)(C)NC(=O)C1CCN(S(=O)(=O)c2ccc3c(c2)OCO3)CC1. The van der Waals surface area contributed by atoms with E-state index in [9.17, 15) is 13.2 Å². The molecule has 0 unspecified atom stereocenters. The highest BCUT2D eigenvalue weighted by Gasteiger charge is 2.33. The van der Waals surface area contributed by atoms with Gasteiger partial charge in [0.05, 0.1) is 4.90 Å². The molecule has 1 saturated heterocycles. The number of hydrogen-bond acceptors (Lipinski definition) is 5. The number of ether oxygens (including phenoxy) is 2. The van der Waals surface area contributed by atoms with Gasteiger partial charge in [0.2, 0.25) is 22.7 Å². The molecule has 1 aromatic rings. The molecule has 0 spiro atoms. The van der Waals surface area contributed by atoms with Gasteiger partial charge in [0.1, 0.15) is 0 Å². The Labute approximate surface area is 148 Å². The number of fused-ring (bicyclic) bond motifs is 1. The number of piperidine rings is 1. The van der Waals surface area contributed by atoms with Crippen LogP contribution in [0.15, 0.2) is 23.1 Å². The van der Waals surface area contributed by atoms with E-state index in [4.69, 9.17) is 9.47 Å². The van der Waals surface area contributed by atoms with E-state index in [0.717, 1.165) is 0 Å². The molecule has 2 heterocycles. The summed E-state index contributed by atoms with van der Waals surface area (Å²) in [5, 5.41) is 2.97. The summed E-state index contributed by atoms with van der Waals surface area (Å²) in [6.45, 7) is 6.57. The summed E-state index contributed by atoms with van der Waals surface area (Å²) >= 11 is 0. The molecule has 0 atom stereocenters. The molecule has 3 rings (SSSR count). The maximum atomic E-state index is 12.8. The second-order valence-electron chi connectivity index (χ2n) is 7.43. The van der Waals surface area contributed by atoms with Crippen molar-refractivity contribution in [3.05, 3.63) is 18.2 Å². The van der Waals surface area contributed by atoms with Crippen LogP contribution >= 0.6 is 0 Å². The number of benzene rings is 1. The molecule has 7 nitrogen and oxygen atoms in total. The van der Waals surface area contributed by atoms with Gasteiger partial charge < -0.3 is 14.8 Å². The Morgan fingerprint density at radius 2 is 1.80 bits per heavy atom. The van der Waals surface area contributed by atoms with Gasteiger partial charge in [-0.2, -0.15) is 4.31 Å². The minimum absolute atomic E-state index is 0.00683. The third-order valence-electron chi connectivity index (χ3n) is 4.30. The van der Waals surface area contributed by atoms with Gasteiger partial charge in [-0.3, -0.25) is 4.79 Å². The number of nitrogens with one attached hydrogen (secondary N) is 1. The van der Waals surface area contributed by atoms with Crippen LogP contribution in [0.4, 0.5) is 0 Å². The van der Waals surface area contributed by atoms with Crippen LogP contribution in [0.3, 0.4) is 0 Å². The summed E-state index contributed by atoms with van der Waals surface area (Å²) in [6, 6.07) is 4.63. The monoisotopic (exact) mass is 368 g/mol. The normalized spacial score (nSPS) is 19.0. The molecule has 1 fully saturated rings. The maximum absolute atomic E-state index is 12.8. The number of hydrogen-bond donors (Lipinski definition) is 1. The minimum atomic E-state index is -3.60. The Bertz CT molecular complexity index is 762. The lowest BCUT2D eigenvalue weighted by Crippen LogP contribution is -2.47. The summed E-state index contributed by atoms with van der Waals surface area (Å²) in [6.07, 6.45) is 1.04. The Kier molecular flexibility index (Phi) is 4.68. The van der Waals surface area contributed by atoms with Crippen molar-refractivity contribution in [1.29, 1.82) is 0 Å². The van der Waals surface area contributed by atoms with Crippen molar-refractivity contribution < 1.29 is 22.7 Å². The zero-order valence-electron chi connectivity index (χ0n) is 14.7. The van der Waals surface area contributed by atoms with Crippen molar-refractivity contribution in [3.63, 3.8) is 0 Å². The van der Waals surface area contributed by atoms with Crippen molar-refractivity contribution in [1.82, 2.24) is 9.62 Å². The second kappa shape index (κ2) is 6.49. The fourth-order valence-electron chi connectivity index (χ4n) is 3.02. The topological polar surface area (TPSA) is 84.9 Å². The summed E-state index contributed by atoms with van der Waals surface area (Å²) < 4.78 is 37.6. The maximum Gasteiger partial charge on any atom is 0.243 e. The van der Waals surface area contributed by atoms with Gasteiger partial charge in [-0.25, -0.2) is 8.42 Å². The quantitative estimate of drug-likeness (QED) is 0.878. The molecule has 0 aliphatic carbocycles. The van der Waals surface area contributed by atoms with E-state index in [0.29, 0.717) is 37.4 Å². The lowest BCUT2D eigenvalue weighted by atomic mass is 9.96. The molecule has 8 heteroatoms. The number of carbonyl (C=O) groups is 1. The van der Waals surface area contributed by atoms with E-state index in [2.05, 4.69) is 5.32 Å². The first-order valence-corrected chi connectivity index (χ1v) is 9.83. The zero-order chi connectivity index (χ0) is 18.2. The first-order valence-electron chi connectivity index (χ1n) is 8.39. The molecule has 1 N–H and O–H groups in total. The largest absolute Gasteiger partial charge is 0.454 e. The number of rotatable bonds is 3. The highest BCUT2D eigenvalue weighted by molar-refractivity contribution is 7.89. The van der Waals surface area contributed by atoms with Gasteiger partial charge in [0.25, 0.3) is 0 Å². The molecule has 1 aromatic carbocycles. The smallest absolute Gasteiger partial charge is 0.243 e. The number of carbonyl (C=O) groups excluding carboxylic acids is 1. The lowest BCUT2D eigenvalue weighted by molar-refractivity contribution is -0.127. The van der Waals surface area contributed by atoms with Gasteiger partial charge in [0.15, 0.2) is 11.5 Å². The molecule has 0 radical (unpaired) electrons. The van der Waals surface area contributed by atoms with Crippen LogP contribution in [0.25, 0.3) is 0 Å². The molecular formula is C17H24N2O5S. The van der Waals surface area contributed by atoms with Crippen molar-refractivity contribution in [2.24, 2.45) is 5.92 Å². The van der Waals surface area contributed by atoms with E-state index in [1.165, 1.54) is 16.4 Å². The molecule has 0 bridgehead atoms. The van der Waals surface area contributed by atoms with E-state index in [1.54, 1.807) is 6.07 Å². The summed E-state index contributed by atoms with van der Waals surface area (Å²) in [5.74, 6) is 0.840. The highest BCUT2D eigenvalue weighted by atomic mass is 32.2. The van der Waals surface area contributed by atoms with Crippen LogP contribution in [-0.2, 0) is 14.8 Å². The molecule has 2 aliphatic rings. The third kappa shape index (κ3) is 3.90. The Balaban J connectivity index is 1.67. The fraction of sp³-hybridized carbons (Fsp3) is 0.588. The zero-order valence-corrected chi connectivity index (χ0v) is 15.6. The minimum Gasteiger partial charge on any atom is -0.454 e. The standard InChI is InChI=1S/C17H24N2O5S/c1-17(2,3)18-16(20)12-6-8-19(9-7-12)25(21,22)13-4-5-14-15(10-13)24-11-23-14/h4-5,10,12H,6-9,11H2,1-3H3,(H,18,20). The lowest BCUT2D eigenvalue weighted by Gasteiger charge is -2.32. The van der Waals surface area contributed by atoms with Crippen LogP contribution < -0.4 is 14.8 Å². The van der Waals surface area contributed by atoms with Crippen molar-refractivity contribution >= 4 is 15.9 Å². The van der Waals surface area contributed by atoms with Crippen molar-refractivity contribution in [2.75, 3.05) is 19.9 Å².